The molecule has 0 saturated carbocycles. The van der Waals surface area contributed by atoms with Crippen LogP contribution in [-0.2, 0) is 19.7 Å². The zero-order valence-corrected chi connectivity index (χ0v) is 16.3. The lowest BCUT2D eigenvalue weighted by Crippen LogP contribution is -2.14. The van der Waals surface area contributed by atoms with E-state index in [9.17, 15) is 0 Å². The van der Waals surface area contributed by atoms with Crippen molar-refractivity contribution >= 4 is 23.7 Å². The quantitative estimate of drug-likeness (QED) is 0.568. The fraction of sp³-hybridized carbons (Fsp3) is 0.250. The van der Waals surface area contributed by atoms with E-state index in [4.69, 9.17) is 9.47 Å². The highest BCUT2D eigenvalue weighted by Gasteiger charge is 2.11. The maximum atomic E-state index is 6.10. The van der Waals surface area contributed by atoms with E-state index in [0.717, 1.165) is 29.2 Å². The smallest absolute Gasteiger partial charge is 0.166 e. The SMILES string of the molecule is CCOc1cccc(CNCc2cccnc2)c1OCc1cccs1.Cl. The normalized spacial score (nSPS) is 10.2. The molecule has 0 saturated heterocycles. The van der Waals surface area contributed by atoms with Gasteiger partial charge in [-0.15, -0.1) is 23.7 Å². The second kappa shape index (κ2) is 10.8. The van der Waals surface area contributed by atoms with E-state index in [-0.39, 0.29) is 12.4 Å². The predicted octanol–water partition coefficient (Wildman–Crippen LogP) is 4.83. The van der Waals surface area contributed by atoms with Crippen molar-refractivity contribution in [1.82, 2.24) is 10.3 Å². The Labute approximate surface area is 164 Å². The average Bonchev–Trinajstić information content (AvgIpc) is 3.16. The number of ether oxygens (including phenoxy) is 2. The first kappa shape index (κ1) is 20.2. The van der Waals surface area contributed by atoms with Crippen LogP contribution in [0.2, 0.25) is 0 Å². The second-order valence-electron chi connectivity index (χ2n) is 5.51. The molecule has 0 radical (unpaired) electrons. The molecule has 0 bridgehead atoms. The molecule has 0 unspecified atom stereocenters. The summed E-state index contributed by atoms with van der Waals surface area (Å²) >= 11 is 1.69. The molecule has 3 aromatic rings. The third-order valence-electron chi connectivity index (χ3n) is 3.67. The zero-order valence-electron chi connectivity index (χ0n) is 14.7. The highest BCUT2D eigenvalue weighted by molar-refractivity contribution is 7.09. The summed E-state index contributed by atoms with van der Waals surface area (Å²) in [4.78, 5) is 5.34. The molecular formula is C20H23ClN2O2S. The lowest BCUT2D eigenvalue weighted by molar-refractivity contribution is 0.268. The summed E-state index contributed by atoms with van der Waals surface area (Å²) in [6.45, 7) is 4.61. The van der Waals surface area contributed by atoms with Gasteiger partial charge in [0.1, 0.15) is 6.61 Å². The van der Waals surface area contributed by atoms with Crippen LogP contribution in [0.15, 0.2) is 60.2 Å². The van der Waals surface area contributed by atoms with Gasteiger partial charge in [0.25, 0.3) is 0 Å². The molecule has 0 fully saturated rings. The number of hydrogen-bond donors (Lipinski definition) is 1. The highest BCUT2D eigenvalue weighted by atomic mass is 35.5. The Balaban J connectivity index is 0.00000243. The molecule has 4 nitrogen and oxygen atoms in total. The van der Waals surface area contributed by atoms with Gasteiger partial charge >= 0.3 is 0 Å². The number of nitrogens with zero attached hydrogens (tertiary/aromatic N) is 1. The standard InChI is InChI=1S/C20H22N2O2S.ClH/c1-2-23-19-9-3-7-17(14-22-13-16-6-4-10-21-12-16)20(19)24-15-18-8-5-11-25-18;/h3-12,22H,2,13-15H2,1H3;1H. The van der Waals surface area contributed by atoms with Crippen LogP contribution in [-0.4, -0.2) is 11.6 Å². The summed E-state index contributed by atoms with van der Waals surface area (Å²) in [5, 5.41) is 5.51. The fourth-order valence-electron chi connectivity index (χ4n) is 2.52. The maximum Gasteiger partial charge on any atom is 0.166 e. The van der Waals surface area contributed by atoms with Crippen molar-refractivity contribution < 1.29 is 9.47 Å². The van der Waals surface area contributed by atoms with Gasteiger partial charge in [-0.2, -0.15) is 0 Å². The molecule has 1 N–H and O–H groups in total. The first-order valence-corrected chi connectivity index (χ1v) is 9.24. The van der Waals surface area contributed by atoms with Crippen molar-refractivity contribution in [3.63, 3.8) is 0 Å². The van der Waals surface area contributed by atoms with Gasteiger partial charge in [-0.1, -0.05) is 24.3 Å². The van der Waals surface area contributed by atoms with Crippen molar-refractivity contribution in [2.75, 3.05) is 6.61 Å². The van der Waals surface area contributed by atoms with Gasteiger partial charge in [-0.25, -0.2) is 0 Å². The van der Waals surface area contributed by atoms with E-state index in [1.54, 1.807) is 17.5 Å². The van der Waals surface area contributed by atoms with Crippen LogP contribution in [0.1, 0.15) is 22.9 Å². The minimum absolute atomic E-state index is 0. The van der Waals surface area contributed by atoms with Crippen molar-refractivity contribution in [2.45, 2.75) is 26.6 Å². The third-order valence-corrected chi connectivity index (χ3v) is 4.52. The van der Waals surface area contributed by atoms with E-state index in [1.807, 2.05) is 37.4 Å². The minimum Gasteiger partial charge on any atom is -0.490 e. The van der Waals surface area contributed by atoms with Crippen LogP contribution in [0, 0.1) is 0 Å². The van der Waals surface area contributed by atoms with Crippen LogP contribution in [0.4, 0.5) is 0 Å². The minimum atomic E-state index is 0. The van der Waals surface area contributed by atoms with Crippen LogP contribution in [0.25, 0.3) is 0 Å². The Morgan fingerprint density at radius 3 is 2.69 bits per heavy atom. The van der Waals surface area contributed by atoms with Crippen LogP contribution in [0.3, 0.4) is 0 Å². The van der Waals surface area contributed by atoms with E-state index in [0.29, 0.717) is 19.8 Å². The first-order chi connectivity index (χ1) is 12.4. The summed E-state index contributed by atoms with van der Waals surface area (Å²) in [5.41, 5.74) is 2.25. The lowest BCUT2D eigenvalue weighted by Gasteiger charge is -2.16. The van der Waals surface area contributed by atoms with Crippen LogP contribution >= 0.6 is 23.7 Å². The summed E-state index contributed by atoms with van der Waals surface area (Å²) in [6.07, 6.45) is 3.66. The Bertz CT molecular complexity index is 767. The second-order valence-corrected chi connectivity index (χ2v) is 6.54. The van der Waals surface area contributed by atoms with Crippen molar-refractivity contribution in [2.24, 2.45) is 0 Å². The monoisotopic (exact) mass is 390 g/mol. The first-order valence-electron chi connectivity index (χ1n) is 8.36. The van der Waals surface area contributed by atoms with Gasteiger partial charge in [0.2, 0.25) is 0 Å². The predicted molar refractivity (Wildman–Crippen MR) is 108 cm³/mol. The molecule has 0 amide bonds. The van der Waals surface area contributed by atoms with Gasteiger partial charge in [-0.05, 0) is 36.1 Å². The largest absolute Gasteiger partial charge is 0.490 e. The molecule has 138 valence electrons. The number of rotatable bonds is 9. The number of pyridine rings is 1. The Morgan fingerprint density at radius 2 is 1.96 bits per heavy atom. The summed E-state index contributed by atoms with van der Waals surface area (Å²) < 4.78 is 11.9. The van der Waals surface area contributed by atoms with Crippen LogP contribution < -0.4 is 14.8 Å². The molecule has 0 aliphatic heterocycles. The van der Waals surface area contributed by atoms with Crippen molar-refractivity contribution in [3.05, 3.63) is 76.2 Å². The van der Waals surface area contributed by atoms with Crippen LogP contribution in [0.5, 0.6) is 11.5 Å². The molecule has 0 aliphatic rings. The van der Waals surface area contributed by atoms with Gasteiger partial charge in [-0.3, -0.25) is 4.98 Å². The zero-order chi connectivity index (χ0) is 17.3. The van der Waals surface area contributed by atoms with E-state index >= 15 is 0 Å². The van der Waals surface area contributed by atoms with Gasteiger partial charge in [0.05, 0.1) is 6.61 Å². The number of aromatic nitrogens is 1. The Kier molecular flexibility index (Phi) is 8.41. The average molecular weight is 391 g/mol. The molecule has 0 atom stereocenters. The number of nitrogens with one attached hydrogen (secondary N) is 1. The maximum absolute atomic E-state index is 6.10. The van der Waals surface area contributed by atoms with Gasteiger partial charge < -0.3 is 14.8 Å². The van der Waals surface area contributed by atoms with Crippen molar-refractivity contribution in [3.8, 4) is 11.5 Å². The molecule has 1 aromatic carbocycles. The number of para-hydroxylation sites is 1. The topological polar surface area (TPSA) is 43.4 Å². The Morgan fingerprint density at radius 1 is 1.04 bits per heavy atom. The number of hydrogen-bond acceptors (Lipinski definition) is 5. The lowest BCUT2D eigenvalue weighted by atomic mass is 10.1. The molecular weight excluding hydrogens is 368 g/mol. The molecule has 0 spiro atoms. The highest BCUT2D eigenvalue weighted by Crippen LogP contribution is 2.32. The van der Waals surface area contributed by atoms with E-state index in [1.165, 1.54) is 4.88 Å². The molecule has 2 aromatic heterocycles. The summed E-state index contributed by atoms with van der Waals surface area (Å²) in [7, 11) is 0. The van der Waals surface area contributed by atoms with Gasteiger partial charge in [0, 0.05) is 35.9 Å². The summed E-state index contributed by atoms with van der Waals surface area (Å²) in [6, 6.07) is 14.2. The fourth-order valence-corrected chi connectivity index (χ4v) is 3.13. The Hall–Kier alpha value is -2.08. The molecule has 6 heteroatoms. The molecule has 0 aliphatic carbocycles. The molecule has 26 heavy (non-hydrogen) atoms. The number of halogens is 1. The summed E-state index contributed by atoms with van der Waals surface area (Å²) in [5.74, 6) is 1.61. The number of benzene rings is 1. The van der Waals surface area contributed by atoms with E-state index < -0.39 is 0 Å². The number of thiophene rings is 1. The van der Waals surface area contributed by atoms with Crippen molar-refractivity contribution in [1.29, 1.82) is 0 Å². The molecule has 2 heterocycles. The molecule has 3 rings (SSSR count). The third kappa shape index (κ3) is 5.73. The van der Waals surface area contributed by atoms with Gasteiger partial charge in [0.15, 0.2) is 11.5 Å². The van der Waals surface area contributed by atoms with E-state index in [2.05, 4.69) is 33.9 Å².